The molecule has 0 radical (unpaired) electrons. The van der Waals surface area contributed by atoms with Crippen LogP contribution in [-0.2, 0) is 0 Å². The van der Waals surface area contributed by atoms with Crippen LogP contribution in [0.25, 0.3) is 0 Å². The van der Waals surface area contributed by atoms with Crippen LogP contribution >= 0.6 is 0 Å². The fourth-order valence-corrected chi connectivity index (χ4v) is 2.64. The SMILES string of the molecule is CC(C)Nc1ccccc1C(=O)NCC1CCN(C)C1. The molecule has 1 aliphatic heterocycles. The van der Waals surface area contributed by atoms with Gasteiger partial charge < -0.3 is 15.5 Å². The molecular formula is C16H25N3O. The molecule has 1 aromatic carbocycles. The van der Waals surface area contributed by atoms with Gasteiger partial charge in [0.1, 0.15) is 0 Å². The lowest BCUT2D eigenvalue weighted by Crippen LogP contribution is -2.31. The molecule has 2 rings (SSSR count). The lowest BCUT2D eigenvalue weighted by atomic mass is 10.1. The van der Waals surface area contributed by atoms with Crippen LogP contribution in [0.15, 0.2) is 24.3 Å². The highest BCUT2D eigenvalue weighted by Crippen LogP contribution is 2.17. The number of carbonyl (C=O) groups is 1. The molecule has 1 saturated heterocycles. The molecule has 0 bridgehead atoms. The molecule has 0 aromatic heterocycles. The highest BCUT2D eigenvalue weighted by Gasteiger charge is 2.20. The Balaban J connectivity index is 1.95. The molecule has 1 atom stereocenters. The molecule has 1 unspecified atom stereocenters. The van der Waals surface area contributed by atoms with Crippen molar-refractivity contribution in [3.05, 3.63) is 29.8 Å². The zero-order chi connectivity index (χ0) is 14.5. The van der Waals surface area contributed by atoms with Crippen LogP contribution in [-0.4, -0.2) is 43.5 Å². The second-order valence-electron chi connectivity index (χ2n) is 5.97. The van der Waals surface area contributed by atoms with Crippen molar-refractivity contribution in [2.75, 3.05) is 32.0 Å². The van der Waals surface area contributed by atoms with E-state index < -0.39 is 0 Å². The van der Waals surface area contributed by atoms with Gasteiger partial charge in [-0.1, -0.05) is 12.1 Å². The number of hydrogen-bond acceptors (Lipinski definition) is 3. The number of nitrogens with one attached hydrogen (secondary N) is 2. The topological polar surface area (TPSA) is 44.4 Å². The van der Waals surface area contributed by atoms with Crippen LogP contribution in [0.1, 0.15) is 30.6 Å². The smallest absolute Gasteiger partial charge is 0.253 e. The van der Waals surface area contributed by atoms with Crippen molar-refractivity contribution in [1.82, 2.24) is 10.2 Å². The summed E-state index contributed by atoms with van der Waals surface area (Å²) in [6.45, 7) is 7.11. The van der Waals surface area contributed by atoms with Crippen LogP contribution in [0.4, 0.5) is 5.69 Å². The van der Waals surface area contributed by atoms with Gasteiger partial charge in [-0.15, -0.1) is 0 Å². The van der Waals surface area contributed by atoms with Gasteiger partial charge in [0.25, 0.3) is 5.91 Å². The van der Waals surface area contributed by atoms with E-state index in [0.717, 1.165) is 30.9 Å². The van der Waals surface area contributed by atoms with E-state index in [4.69, 9.17) is 0 Å². The third-order valence-corrected chi connectivity index (χ3v) is 3.66. The van der Waals surface area contributed by atoms with Crippen molar-refractivity contribution >= 4 is 11.6 Å². The second-order valence-corrected chi connectivity index (χ2v) is 5.97. The van der Waals surface area contributed by atoms with Gasteiger partial charge in [0.2, 0.25) is 0 Å². The monoisotopic (exact) mass is 275 g/mol. The van der Waals surface area contributed by atoms with E-state index in [1.807, 2.05) is 24.3 Å². The van der Waals surface area contributed by atoms with Gasteiger partial charge in [0.15, 0.2) is 0 Å². The Bertz CT molecular complexity index is 459. The summed E-state index contributed by atoms with van der Waals surface area (Å²) in [7, 11) is 2.13. The minimum Gasteiger partial charge on any atom is -0.382 e. The largest absolute Gasteiger partial charge is 0.382 e. The van der Waals surface area contributed by atoms with E-state index >= 15 is 0 Å². The third-order valence-electron chi connectivity index (χ3n) is 3.66. The minimum atomic E-state index is 0.0169. The van der Waals surface area contributed by atoms with Crippen molar-refractivity contribution in [2.24, 2.45) is 5.92 Å². The minimum absolute atomic E-state index is 0.0169. The number of anilines is 1. The summed E-state index contributed by atoms with van der Waals surface area (Å²) in [6.07, 6.45) is 1.17. The van der Waals surface area contributed by atoms with Gasteiger partial charge in [-0.2, -0.15) is 0 Å². The number of hydrogen-bond donors (Lipinski definition) is 2. The Morgan fingerprint density at radius 2 is 2.15 bits per heavy atom. The molecule has 20 heavy (non-hydrogen) atoms. The fraction of sp³-hybridized carbons (Fsp3) is 0.562. The number of likely N-dealkylation sites (tertiary alicyclic amines) is 1. The third kappa shape index (κ3) is 3.97. The Hall–Kier alpha value is -1.55. The average Bonchev–Trinajstić information content (AvgIpc) is 2.82. The van der Waals surface area contributed by atoms with Crippen LogP contribution < -0.4 is 10.6 Å². The van der Waals surface area contributed by atoms with Crippen molar-refractivity contribution in [1.29, 1.82) is 0 Å². The molecule has 0 saturated carbocycles. The fourth-order valence-electron chi connectivity index (χ4n) is 2.64. The summed E-state index contributed by atoms with van der Waals surface area (Å²) in [5, 5.41) is 6.39. The molecule has 1 fully saturated rings. The average molecular weight is 275 g/mol. The van der Waals surface area contributed by atoms with E-state index in [1.54, 1.807) is 0 Å². The molecule has 4 heteroatoms. The lowest BCUT2D eigenvalue weighted by Gasteiger charge is -2.16. The summed E-state index contributed by atoms with van der Waals surface area (Å²) in [6, 6.07) is 8.00. The normalized spacial score (nSPS) is 19.3. The summed E-state index contributed by atoms with van der Waals surface area (Å²) >= 11 is 0. The molecule has 0 aliphatic carbocycles. The standard InChI is InChI=1S/C16H25N3O/c1-12(2)18-15-7-5-4-6-14(15)16(20)17-10-13-8-9-19(3)11-13/h4-7,12-13,18H,8-11H2,1-3H3,(H,17,20). The maximum Gasteiger partial charge on any atom is 0.253 e. The first kappa shape index (κ1) is 14.9. The van der Waals surface area contributed by atoms with E-state index in [0.29, 0.717) is 12.0 Å². The number of carbonyl (C=O) groups excluding carboxylic acids is 1. The summed E-state index contributed by atoms with van der Waals surface area (Å²) in [5.41, 5.74) is 1.64. The van der Waals surface area contributed by atoms with Crippen LogP contribution in [0, 0.1) is 5.92 Å². The van der Waals surface area contributed by atoms with Crippen LogP contribution in [0.2, 0.25) is 0 Å². The number of rotatable bonds is 5. The Morgan fingerprint density at radius 1 is 1.40 bits per heavy atom. The summed E-state index contributed by atoms with van der Waals surface area (Å²) in [4.78, 5) is 14.6. The first-order valence-electron chi connectivity index (χ1n) is 7.38. The van der Waals surface area contributed by atoms with Crippen molar-refractivity contribution in [3.8, 4) is 0 Å². The van der Waals surface area contributed by atoms with Gasteiger partial charge in [0.05, 0.1) is 5.56 Å². The van der Waals surface area contributed by atoms with Gasteiger partial charge in [-0.3, -0.25) is 4.79 Å². The summed E-state index contributed by atoms with van der Waals surface area (Å²) in [5.74, 6) is 0.595. The maximum absolute atomic E-state index is 12.3. The summed E-state index contributed by atoms with van der Waals surface area (Å²) < 4.78 is 0. The Labute approximate surface area is 121 Å². The Kier molecular flexibility index (Phi) is 5.01. The van der Waals surface area contributed by atoms with Gasteiger partial charge in [-0.25, -0.2) is 0 Å². The zero-order valence-electron chi connectivity index (χ0n) is 12.6. The molecule has 110 valence electrons. The van der Waals surface area contributed by atoms with Crippen molar-refractivity contribution < 1.29 is 4.79 Å². The highest BCUT2D eigenvalue weighted by atomic mass is 16.1. The Morgan fingerprint density at radius 3 is 2.80 bits per heavy atom. The molecule has 1 amide bonds. The van der Waals surface area contributed by atoms with E-state index in [9.17, 15) is 4.79 Å². The van der Waals surface area contributed by atoms with Gasteiger partial charge >= 0.3 is 0 Å². The molecule has 0 spiro atoms. The highest BCUT2D eigenvalue weighted by molar-refractivity contribution is 5.99. The van der Waals surface area contributed by atoms with Crippen LogP contribution in [0.3, 0.4) is 0 Å². The maximum atomic E-state index is 12.3. The number of nitrogens with zero attached hydrogens (tertiary/aromatic N) is 1. The predicted molar refractivity (Wildman–Crippen MR) is 83.1 cm³/mol. The van der Waals surface area contributed by atoms with Gasteiger partial charge in [-0.05, 0) is 51.9 Å². The quantitative estimate of drug-likeness (QED) is 0.866. The second kappa shape index (κ2) is 6.75. The predicted octanol–water partition coefficient (Wildman–Crippen LogP) is 2.19. The molecule has 1 aliphatic rings. The molecular weight excluding hydrogens is 250 g/mol. The zero-order valence-corrected chi connectivity index (χ0v) is 12.6. The number of para-hydroxylation sites is 1. The van der Waals surface area contributed by atoms with Crippen molar-refractivity contribution in [2.45, 2.75) is 26.3 Å². The molecule has 4 nitrogen and oxygen atoms in total. The first-order valence-corrected chi connectivity index (χ1v) is 7.38. The molecule has 2 N–H and O–H groups in total. The molecule has 1 aromatic rings. The van der Waals surface area contributed by atoms with Crippen molar-refractivity contribution in [3.63, 3.8) is 0 Å². The van der Waals surface area contributed by atoms with E-state index in [1.165, 1.54) is 6.42 Å². The van der Waals surface area contributed by atoms with Crippen LogP contribution in [0.5, 0.6) is 0 Å². The first-order chi connectivity index (χ1) is 9.56. The lowest BCUT2D eigenvalue weighted by molar-refractivity contribution is 0.0948. The number of amides is 1. The van der Waals surface area contributed by atoms with E-state index in [-0.39, 0.29) is 5.91 Å². The number of benzene rings is 1. The van der Waals surface area contributed by atoms with Gasteiger partial charge in [0, 0.05) is 24.8 Å². The molecule has 1 heterocycles. The van der Waals surface area contributed by atoms with E-state index in [2.05, 4.69) is 36.4 Å².